The molecule has 3 aromatic heterocycles. The third-order valence-corrected chi connectivity index (χ3v) is 12.6. The Bertz CT molecular complexity index is 3530. The summed E-state index contributed by atoms with van der Waals surface area (Å²) < 4.78 is 6.17. The second-order valence-electron chi connectivity index (χ2n) is 16.2. The fourth-order valence-corrected chi connectivity index (χ4v) is 9.65. The second kappa shape index (κ2) is 14.1. The molecule has 7 heteroatoms. The van der Waals surface area contributed by atoms with Crippen LogP contribution in [0.3, 0.4) is 0 Å². The first-order valence-electron chi connectivity index (χ1n) is 21.2. The van der Waals surface area contributed by atoms with Crippen LogP contribution in [0.5, 0.6) is 0 Å². The van der Waals surface area contributed by atoms with E-state index < -0.39 is 0 Å². The van der Waals surface area contributed by atoms with Crippen molar-refractivity contribution in [3.05, 3.63) is 228 Å². The van der Waals surface area contributed by atoms with Crippen LogP contribution in [0.15, 0.2) is 199 Å². The predicted octanol–water partition coefficient (Wildman–Crippen LogP) is 12.9. The molecular weight excluding hydrogens is 773 g/mol. The highest BCUT2D eigenvalue weighted by Gasteiger charge is 2.41. The van der Waals surface area contributed by atoms with Gasteiger partial charge < -0.3 is 4.42 Å². The summed E-state index contributed by atoms with van der Waals surface area (Å²) in [5.74, 6) is 3.86. The second-order valence-corrected chi connectivity index (χ2v) is 16.2. The van der Waals surface area contributed by atoms with Crippen LogP contribution in [0.25, 0.3) is 90.3 Å². The Kier molecular flexibility index (Phi) is 7.90. The maximum Gasteiger partial charge on any atom is 0.164 e. The van der Waals surface area contributed by atoms with Crippen LogP contribution in [0.4, 0.5) is 0 Å². The van der Waals surface area contributed by atoms with E-state index in [0.717, 1.165) is 55.3 Å². The topological polar surface area (TPSA) is 90.5 Å². The minimum atomic E-state index is 0.0231. The Morgan fingerprint density at radius 1 is 0.254 bits per heavy atom. The smallest absolute Gasteiger partial charge is 0.164 e. The van der Waals surface area contributed by atoms with Crippen molar-refractivity contribution < 1.29 is 4.42 Å². The Morgan fingerprint density at radius 2 is 0.603 bits per heavy atom. The van der Waals surface area contributed by atoms with Gasteiger partial charge in [-0.1, -0.05) is 158 Å². The zero-order chi connectivity index (χ0) is 41.4. The van der Waals surface area contributed by atoms with Crippen LogP contribution in [-0.4, -0.2) is 29.9 Å². The molecule has 2 atom stereocenters. The van der Waals surface area contributed by atoms with E-state index in [0.29, 0.717) is 34.9 Å². The highest BCUT2D eigenvalue weighted by atomic mass is 16.3. The molecule has 11 aromatic rings. The molecular formula is C56H34N6O. The van der Waals surface area contributed by atoms with Gasteiger partial charge in [0.2, 0.25) is 0 Å². The molecule has 3 aliphatic carbocycles. The largest absolute Gasteiger partial charge is 0.456 e. The van der Waals surface area contributed by atoms with Gasteiger partial charge in [-0.05, 0) is 69.8 Å². The standard InChI is InChI=1S/C56H34N6O/c1-4-14-33(15-5-1)51-57-52(34-16-6-2-7-17-34)59-54(58-51)36-24-27-42-45(31-36)49-40-21-10-11-22-41(40)50(42)46-32-37(25-28-43(46)49)55-60-53(35-18-8-3-9-19-35)61-56(62-55)38-26-29-48-44(30-38)39-20-12-13-23-47(39)63-48/h1-32,49-50H. The maximum atomic E-state index is 6.17. The normalized spacial score (nSPS) is 14.7. The van der Waals surface area contributed by atoms with Crippen LogP contribution >= 0.6 is 0 Å². The summed E-state index contributed by atoms with van der Waals surface area (Å²) in [6.07, 6.45) is 0. The molecule has 8 aromatic carbocycles. The third-order valence-electron chi connectivity index (χ3n) is 12.6. The van der Waals surface area contributed by atoms with E-state index in [2.05, 4.69) is 72.8 Å². The lowest BCUT2D eigenvalue weighted by atomic mass is 9.61. The molecule has 0 saturated carbocycles. The summed E-state index contributed by atoms with van der Waals surface area (Å²) in [6.45, 7) is 0. The molecule has 0 fully saturated rings. The van der Waals surface area contributed by atoms with E-state index in [1.165, 1.54) is 33.4 Å². The Labute approximate surface area is 362 Å². The van der Waals surface area contributed by atoms with Crippen molar-refractivity contribution in [3.8, 4) is 68.3 Å². The number of para-hydroxylation sites is 1. The van der Waals surface area contributed by atoms with Gasteiger partial charge in [-0.25, -0.2) is 29.9 Å². The van der Waals surface area contributed by atoms with Crippen molar-refractivity contribution in [2.45, 2.75) is 11.8 Å². The third kappa shape index (κ3) is 5.81. The Hall–Kier alpha value is -8.42. The van der Waals surface area contributed by atoms with Gasteiger partial charge in [-0.15, -0.1) is 0 Å². The van der Waals surface area contributed by atoms with E-state index in [4.69, 9.17) is 34.3 Å². The first-order chi connectivity index (χ1) is 31.2. The van der Waals surface area contributed by atoms with Crippen LogP contribution in [-0.2, 0) is 0 Å². The SMILES string of the molecule is c1ccc(-c2nc(-c3ccccc3)nc(-c3ccc4c(c3)C3c5ccccc5C4c4cc(-c5nc(-c6ccccc6)nc(-c6ccc7oc8ccccc8c7c6)n5)ccc43)n2)cc1. The highest BCUT2D eigenvalue weighted by Crippen LogP contribution is 2.56. The quantitative estimate of drug-likeness (QED) is 0.165. The lowest BCUT2D eigenvalue weighted by molar-refractivity contribution is 0.669. The summed E-state index contributed by atoms with van der Waals surface area (Å²) in [7, 11) is 0. The van der Waals surface area contributed by atoms with Crippen molar-refractivity contribution in [2.75, 3.05) is 0 Å². The molecule has 294 valence electrons. The van der Waals surface area contributed by atoms with E-state index in [9.17, 15) is 0 Å². The molecule has 63 heavy (non-hydrogen) atoms. The van der Waals surface area contributed by atoms with Crippen LogP contribution < -0.4 is 0 Å². The van der Waals surface area contributed by atoms with Crippen molar-refractivity contribution in [1.29, 1.82) is 0 Å². The number of rotatable bonds is 6. The van der Waals surface area contributed by atoms with Gasteiger partial charge in [-0.2, -0.15) is 0 Å². The summed E-state index contributed by atoms with van der Waals surface area (Å²) in [5, 5.41) is 2.09. The molecule has 0 spiro atoms. The van der Waals surface area contributed by atoms with E-state index in [-0.39, 0.29) is 11.8 Å². The Balaban J connectivity index is 0.942. The monoisotopic (exact) mass is 806 g/mol. The molecule has 0 amide bonds. The van der Waals surface area contributed by atoms with Crippen LogP contribution in [0.1, 0.15) is 45.2 Å². The van der Waals surface area contributed by atoms with Gasteiger partial charge in [0.05, 0.1) is 0 Å². The molecule has 2 unspecified atom stereocenters. The summed E-state index contributed by atoms with van der Waals surface area (Å²) >= 11 is 0. The molecule has 0 saturated heterocycles. The maximum absolute atomic E-state index is 6.17. The average Bonchev–Trinajstić information content (AvgIpc) is 3.74. The number of hydrogen-bond acceptors (Lipinski definition) is 7. The zero-order valence-electron chi connectivity index (χ0n) is 33.7. The van der Waals surface area contributed by atoms with Gasteiger partial charge in [-0.3, -0.25) is 0 Å². The number of nitrogens with zero attached hydrogens (tertiary/aromatic N) is 6. The highest BCUT2D eigenvalue weighted by molar-refractivity contribution is 6.06. The van der Waals surface area contributed by atoms with Gasteiger partial charge >= 0.3 is 0 Å². The molecule has 7 nitrogen and oxygen atoms in total. The van der Waals surface area contributed by atoms with Gasteiger partial charge in [0, 0.05) is 56.0 Å². The van der Waals surface area contributed by atoms with E-state index in [1.807, 2.05) is 121 Å². The molecule has 0 radical (unpaired) electrons. The minimum absolute atomic E-state index is 0.0231. The molecule has 14 rings (SSSR count). The zero-order valence-corrected chi connectivity index (χ0v) is 33.7. The molecule has 2 bridgehead atoms. The number of fused-ring (bicyclic) bond motifs is 3. The number of hydrogen-bond donors (Lipinski definition) is 0. The lowest BCUT2D eigenvalue weighted by Gasteiger charge is -2.42. The minimum Gasteiger partial charge on any atom is -0.456 e. The van der Waals surface area contributed by atoms with Gasteiger partial charge in [0.25, 0.3) is 0 Å². The molecule has 0 aliphatic heterocycles. The number of benzene rings is 8. The first-order valence-corrected chi connectivity index (χ1v) is 21.2. The molecule has 3 heterocycles. The fourth-order valence-electron chi connectivity index (χ4n) is 9.65. The van der Waals surface area contributed by atoms with Crippen molar-refractivity contribution >= 4 is 21.9 Å². The Morgan fingerprint density at radius 3 is 1.08 bits per heavy atom. The number of furan rings is 1. The van der Waals surface area contributed by atoms with Crippen molar-refractivity contribution in [2.24, 2.45) is 0 Å². The van der Waals surface area contributed by atoms with Crippen molar-refractivity contribution in [1.82, 2.24) is 29.9 Å². The summed E-state index contributed by atoms with van der Waals surface area (Å²) in [4.78, 5) is 30.5. The molecule has 0 N–H and O–H groups in total. The van der Waals surface area contributed by atoms with E-state index >= 15 is 0 Å². The predicted molar refractivity (Wildman–Crippen MR) is 248 cm³/mol. The fraction of sp³-hybridized carbons (Fsp3) is 0.0357. The number of aromatic nitrogens is 6. The van der Waals surface area contributed by atoms with E-state index in [1.54, 1.807) is 0 Å². The van der Waals surface area contributed by atoms with Gasteiger partial charge in [0.15, 0.2) is 34.9 Å². The summed E-state index contributed by atoms with van der Waals surface area (Å²) in [6, 6.07) is 67.1. The van der Waals surface area contributed by atoms with Crippen LogP contribution in [0.2, 0.25) is 0 Å². The average molecular weight is 807 g/mol. The lowest BCUT2D eigenvalue weighted by Crippen LogP contribution is -2.27. The summed E-state index contributed by atoms with van der Waals surface area (Å²) in [5.41, 5.74) is 15.1. The van der Waals surface area contributed by atoms with Crippen molar-refractivity contribution in [3.63, 3.8) is 0 Å². The van der Waals surface area contributed by atoms with Gasteiger partial charge in [0.1, 0.15) is 11.2 Å². The molecule has 3 aliphatic rings. The first kappa shape index (κ1) is 35.3. The van der Waals surface area contributed by atoms with Crippen LogP contribution in [0, 0.1) is 0 Å².